The summed E-state index contributed by atoms with van der Waals surface area (Å²) >= 11 is 0. The second-order valence-corrected chi connectivity index (χ2v) is 4.30. The van der Waals surface area contributed by atoms with Gasteiger partial charge < -0.3 is 19.3 Å². The topological polar surface area (TPSA) is 60.8 Å². The van der Waals surface area contributed by atoms with Gasteiger partial charge in [0.15, 0.2) is 0 Å². The standard InChI is InChI=1S/C15H19NO4/c1-18-7-8-19-9-10-20-11-12-4-5-14(17)15-13(12)3-2-6-16-15/h2-6,17H,7-11H2,1H3. The Morgan fingerprint density at radius 3 is 2.70 bits per heavy atom. The van der Waals surface area contributed by atoms with Crippen LogP contribution in [-0.4, -0.2) is 43.6 Å². The number of hydrogen-bond donors (Lipinski definition) is 1. The molecular formula is C15H19NO4. The minimum atomic E-state index is 0.187. The van der Waals surface area contributed by atoms with Gasteiger partial charge in [-0.05, 0) is 17.7 Å². The Morgan fingerprint density at radius 2 is 1.85 bits per heavy atom. The highest BCUT2D eigenvalue weighted by Crippen LogP contribution is 2.25. The van der Waals surface area contributed by atoms with Gasteiger partial charge in [0.1, 0.15) is 11.3 Å². The molecule has 108 valence electrons. The molecular weight excluding hydrogens is 258 g/mol. The number of methoxy groups -OCH3 is 1. The maximum absolute atomic E-state index is 9.75. The predicted octanol–water partition coefficient (Wildman–Crippen LogP) is 2.12. The number of pyridine rings is 1. The number of aromatic nitrogens is 1. The summed E-state index contributed by atoms with van der Waals surface area (Å²) in [6, 6.07) is 7.27. The van der Waals surface area contributed by atoms with E-state index in [4.69, 9.17) is 14.2 Å². The molecule has 0 atom stereocenters. The molecule has 5 heteroatoms. The number of ether oxygens (including phenoxy) is 3. The Morgan fingerprint density at radius 1 is 1.05 bits per heavy atom. The number of phenolic OH excluding ortho intramolecular Hbond substituents is 1. The van der Waals surface area contributed by atoms with Crippen molar-refractivity contribution in [3.63, 3.8) is 0 Å². The van der Waals surface area contributed by atoms with Crippen LogP contribution in [0.4, 0.5) is 0 Å². The first-order valence-electron chi connectivity index (χ1n) is 6.53. The summed E-state index contributed by atoms with van der Waals surface area (Å²) in [5.74, 6) is 0.187. The van der Waals surface area contributed by atoms with Crippen LogP contribution in [0.3, 0.4) is 0 Å². The fraction of sp³-hybridized carbons (Fsp3) is 0.400. The quantitative estimate of drug-likeness (QED) is 0.749. The first-order chi connectivity index (χ1) is 9.83. The molecule has 1 N–H and O–H groups in total. The molecule has 0 saturated carbocycles. The van der Waals surface area contributed by atoms with E-state index in [0.717, 1.165) is 10.9 Å². The van der Waals surface area contributed by atoms with Crippen molar-refractivity contribution in [2.24, 2.45) is 0 Å². The van der Waals surface area contributed by atoms with Crippen LogP contribution >= 0.6 is 0 Å². The lowest BCUT2D eigenvalue weighted by Crippen LogP contribution is -2.08. The van der Waals surface area contributed by atoms with Crippen molar-refractivity contribution in [1.29, 1.82) is 0 Å². The van der Waals surface area contributed by atoms with Crippen molar-refractivity contribution >= 4 is 10.9 Å². The van der Waals surface area contributed by atoms with Crippen molar-refractivity contribution in [1.82, 2.24) is 4.98 Å². The number of fused-ring (bicyclic) bond motifs is 1. The lowest BCUT2D eigenvalue weighted by molar-refractivity contribution is 0.0202. The molecule has 1 aromatic heterocycles. The third-order valence-electron chi connectivity index (χ3n) is 2.90. The van der Waals surface area contributed by atoms with E-state index >= 15 is 0 Å². The van der Waals surface area contributed by atoms with Crippen LogP contribution in [0.25, 0.3) is 10.9 Å². The largest absolute Gasteiger partial charge is 0.506 e. The molecule has 0 bridgehead atoms. The van der Waals surface area contributed by atoms with Gasteiger partial charge in [0.25, 0.3) is 0 Å². The average Bonchev–Trinajstić information content (AvgIpc) is 2.49. The van der Waals surface area contributed by atoms with Crippen molar-refractivity contribution in [2.45, 2.75) is 6.61 Å². The van der Waals surface area contributed by atoms with Crippen molar-refractivity contribution in [3.05, 3.63) is 36.0 Å². The summed E-state index contributed by atoms with van der Waals surface area (Å²) in [6.45, 7) is 2.69. The monoisotopic (exact) mass is 277 g/mol. The average molecular weight is 277 g/mol. The Kier molecular flexibility index (Phi) is 5.73. The van der Waals surface area contributed by atoms with Crippen molar-refractivity contribution in [2.75, 3.05) is 33.5 Å². The normalized spacial score (nSPS) is 11.1. The molecule has 1 aromatic carbocycles. The highest BCUT2D eigenvalue weighted by Gasteiger charge is 2.05. The van der Waals surface area contributed by atoms with Gasteiger partial charge in [-0.3, -0.25) is 4.98 Å². The molecule has 0 unspecified atom stereocenters. The Balaban J connectivity index is 1.86. The van der Waals surface area contributed by atoms with E-state index in [1.54, 1.807) is 19.4 Å². The number of nitrogens with zero attached hydrogens (tertiary/aromatic N) is 1. The van der Waals surface area contributed by atoms with Gasteiger partial charge in [0.2, 0.25) is 0 Å². The van der Waals surface area contributed by atoms with E-state index in [1.807, 2.05) is 18.2 Å². The fourth-order valence-corrected chi connectivity index (χ4v) is 1.89. The molecule has 0 radical (unpaired) electrons. The maximum atomic E-state index is 9.75. The molecule has 2 aromatic rings. The summed E-state index contributed by atoms with van der Waals surface area (Å²) in [5.41, 5.74) is 1.60. The molecule has 0 aliphatic rings. The van der Waals surface area contributed by atoms with Gasteiger partial charge in [0, 0.05) is 18.7 Å². The van der Waals surface area contributed by atoms with E-state index in [0.29, 0.717) is 38.6 Å². The number of rotatable bonds is 8. The highest BCUT2D eigenvalue weighted by atomic mass is 16.5. The number of benzene rings is 1. The van der Waals surface area contributed by atoms with E-state index in [9.17, 15) is 5.11 Å². The summed E-state index contributed by atoms with van der Waals surface area (Å²) < 4.78 is 15.8. The third kappa shape index (κ3) is 3.90. The zero-order chi connectivity index (χ0) is 14.2. The molecule has 0 fully saturated rings. The molecule has 2 rings (SSSR count). The molecule has 0 aliphatic heterocycles. The summed E-state index contributed by atoms with van der Waals surface area (Å²) in [7, 11) is 1.64. The van der Waals surface area contributed by atoms with Crippen LogP contribution in [-0.2, 0) is 20.8 Å². The first kappa shape index (κ1) is 14.7. The zero-order valence-electron chi connectivity index (χ0n) is 11.5. The summed E-state index contributed by atoms with van der Waals surface area (Å²) in [5, 5.41) is 10.7. The lowest BCUT2D eigenvalue weighted by atomic mass is 10.1. The van der Waals surface area contributed by atoms with Crippen LogP contribution in [0.1, 0.15) is 5.56 Å². The minimum Gasteiger partial charge on any atom is -0.506 e. The van der Waals surface area contributed by atoms with E-state index in [2.05, 4.69) is 4.98 Å². The van der Waals surface area contributed by atoms with Gasteiger partial charge in [-0.2, -0.15) is 0 Å². The lowest BCUT2D eigenvalue weighted by Gasteiger charge is -2.09. The smallest absolute Gasteiger partial charge is 0.141 e. The summed E-state index contributed by atoms with van der Waals surface area (Å²) in [4.78, 5) is 4.18. The summed E-state index contributed by atoms with van der Waals surface area (Å²) in [6.07, 6.45) is 1.66. The van der Waals surface area contributed by atoms with Gasteiger partial charge in [-0.1, -0.05) is 12.1 Å². The Hall–Kier alpha value is -1.69. The first-order valence-corrected chi connectivity index (χ1v) is 6.53. The molecule has 5 nitrogen and oxygen atoms in total. The molecule has 20 heavy (non-hydrogen) atoms. The van der Waals surface area contributed by atoms with E-state index in [1.165, 1.54) is 0 Å². The van der Waals surface area contributed by atoms with Gasteiger partial charge in [-0.25, -0.2) is 0 Å². The number of aromatic hydroxyl groups is 1. The number of phenols is 1. The third-order valence-corrected chi connectivity index (χ3v) is 2.90. The Bertz CT molecular complexity index is 544. The fourth-order valence-electron chi connectivity index (χ4n) is 1.89. The van der Waals surface area contributed by atoms with Crippen LogP contribution in [0.15, 0.2) is 30.5 Å². The SMILES string of the molecule is COCCOCCOCc1ccc(O)c2ncccc12. The van der Waals surface area contributed by atoms with Crippen LogP contribution in [0.5, 0.6) is 5.75 Å². The molecule has 0 amide bonds. The van der Waals surface area contributed by atoms with E-state index in [-0.39, 0.29) is 5.75 Å². The minimum absolute atomic E-state index is 0.187. The highest BCUT2D eigenvalue weighted by molar-refractivity contribution is 5.86. The molecule has 0 spiro atoms. The van der Waals surface area contributed by atoms with Crippen molar-refractivity contribution in [3.8, 4) is 5.75 Å². The number of hydrogen-bond acceptors (Lipinski definition) is 5. The Labute approximate surface area is 118 Å². The zero-order valence-corrected chi connectivity index (χ0v) is 11.5. The van der Waals surface area contributed by atoms with Gasteiger partial charge in [-0.15, -0.1) is 0 Å². The second kappa shape index (κ2) is 7.79. The molecule has 1 heterocycles. The van der Waals surface area contributed by atoms with Gasteiger partial charge in [0.05, 0.1) is 33.0 Å². The maximum Gasteiger partial charge on any atom is 0.141 e. The van der Waals surface area contributed by atoms with Gasteiger partial charge >= 0.3 is 0 Å². The second-order valence-electron chi connectivity index (χ2n) is 4.30. The van der Waals surface area contributed by atoms with Crippen LogP contribution in [0, 0.1) is 0 Å². The molecule has 0 aliphatic carbocycles. The molecule has 0 saturated heterocycles. The van der Waals surface area contributed by atoms with Crippen LogP contribution in [0.2, 0.25) is 0 Å². The van der Waals surface area contributed by atoms with E-state index < -0.39 is 0 Å². The van der Waals surface area contributed by atoms with Crippen molar-refractivity contribution < 1.29 is 19.3 Å². The van der Waals surface area contributed by atoms with Crippen LogP contribution < -0.4 is 0 Å². The predicted molar refractivity (Wildman–Crippen MR) is 75.8 cm³/mol.